The molecule has 0 radical (unpaired) electrons. The van der Waals surface area contributed by atoms with Crippen molar-refractivity contribution >= 4 is 22.3 Å². The number of aromatic nitrogens is 1. The molecule has 0 amide bonds. The van der Waals surface area contributed by atoms with Crippen LogP contribution >= 0.6 is 0 Å². The fraction of sp³-hybridized carbons (Fsp3) is 0.167. The van der Waals surface area contributed by atoms with Crippen molar-refractivity contribution in [3.63, 3.8) is 0 Å². The normalized spacial score (nSPS) is 10.8. The van der Waals surface area contributed by atoms with Crippen LogP contribution in [0.25, 0.3) is 10.8 Å². The van der Waals surface area contributed by atoms with E-state index in [4.69, 9.17) is 10.7 Å². The van der Waals surface area contributed by atoms with Crippen LogP contribution in [-0.4, -0.2) is 12.0 Å². The number of nitrogens with zero attached hydrogens (tertiary/aromatic N) is 2. The van der Waals surface area contributed by atoms with Gasteiger partial charge in [-0.25, -0.2) is 4.98 Å². The lowest BCUT2D eigenvalue weighted by molar-refractivity contribution is 0.900. The van der Waals surface area contributed by atoms with Crippen molar-refractivity contribution in [1.82, 2.24) is 4.98 Å². The number of pyridine rings is 1. The van der Waals surface area contributed by atoms with Crippen molar-refractivity contribution < 1.29 is 0 Å². The SMILES string of the molecule is Cc1cc2c(N)cccc2c(N(C)Cc2ccccc2)n1. The van der Waals surface area contributed by atoms with Crippen LogP contribution in [0.5, 0.6) is 0 Å². The van der Waals surface area contributed by atoms with E-state index in [1.54, 1.807) is 0 Å². The fourth-order valence-electron chi connectivity index (χ4n) is 2.63. The number of aryl methyl sites for hydroxylation is 1. The topological polar surface area (TPSA) is 42.1 Å². The van der Waals surface area contributed by atoms with Crippen LogP contribution in [0, 0.1) is 6.92 Å². The molecule has 3 nitrogen and oxygen atoms in total. The third kappa shape index (κ3) is 2.68. The van der Waals surface area contributed by atoms with Crippen LogP contribution in [-0.2, 0) is 6.54 Å². The van der Waals surface area contributed by atoms with Gasteiger partial charge < -0.3 is 10.6 Å². The predicted molar refractivity (Wildman–Crippen MR) is 89.4 cm³/mol. The Kier molecular flexibility index (Phi) is 3.48. The molecule has 1 heterocycles. The van der Waals surface area contributed by atoms with Crippen LogP contribution < -0.4 is 10.6 Å². The van der Waals surface area contributed by atoms with Gasteiger partial charge in [0.2, 0.25) is 0 Å². The number of benzene rings is 2. The molecule has 0 bridgehead atoms. The molecule has 0 saturated heterocycles. The number of nitrogens with two attached hydrogens (primary N) is 1. The van der Waals surface area contributed by atoms with Gasteiger partial charge in [-0.2, -0.15) is 0 Å². The van der Waals surface area contributed by atoms with Gasteiger partial charge in [0, 0.05) is 35.7 Å². The third-order valence-corrected chi connectivity index (χ3v) is 3.64. The number of hydrogen-bond donors (Lipinski definition) is 1. The van der Waals surface area contributed by atoms with Gasteiger partial charge in [-0.3, -0.25) is 0 Å². The Bertz CT molecular complexity index is 766. The van der Waals surface area contributed by atoms with Crippen molar-refractivity contribution in [2.24, 2.45) is 0 Å². The molecular formula is C18H19N3. The Morgan fingerprint density at radius 3 is 2.52 bits per heavy atom. The summed E-state index contributed by atoms with van der Waals surface area (Å²) in [7, 11) is 2.07. The largest absolute Gasteiger partial charge is 0.398 e. The second-order valence-corrected chi connectivity index (χ2v) is 5.37. The highest BCUT2D eigenvalue weighted by atomic mass is 15.2. The summed E-state index contributed by atoms with van der Waals surface area (Å²) in [4.78, 5) is 6.88. The first-order chi connectivity index (χ1) is 10.1. The third-order valence-electron chi connectivity index (χ3n) is 3.64. The predicted octanol–water partition coefficient (Wildman–Crippen LogP) is 3.76. The molecule has 21 heavy (non-hydrogen) atoms. The fourth-order valence-corrected chi connectivity index (χ4v) is 2.63. The van der Waals surface area contributed by atoms with Crippen LogP contribution in [0.3, 0.4) is 0 Å². The summed E-state index contributed by atoms with van der Waals surface area (Å²) >= 11 is 0. The first-order valence-electron chi connectivity index (χ1n) is 7.06. The van der Waals surface area contributed by atoms with Crippen molar-refractivity contribution in [1.29, 1.82) is 0 Å². The summed E-state index contributed by atoms with van der Waals surface area (Å²) in [5, 5.41) is 2.17. The maximum Gasteiger partial charge on any atom is 0.136 e. The standard InChI is InChI=1S/C18H19N3/c1-13-11-16-15(9-6-10-17(16)19)18(20-13)21(2)12-14-7-4-3-5-8-14/h3-11H,12,19H2,1-2H3. The molecule has 0 unspecified atom stereocenters. The van der Waals surface area contributed by atoms with Crippen molar-refractivity contribution in [2.45, 2.75) is 13.5 Å². The maximum atomic E-state index is 6.10. The van der Waals surface area contributed by atoms with Gasteiger partial charge >= 0.3 is 0 Å². The smallest absolute Gasteiger partial charge is 0.136 e. The molecule has 2 aromatic carbocycles. The van der Waals surface area contributed by atoms with E-state index in [1.807, 2.05) is 31.2 Å². The highest BCUT2D eigenvalue weighted by Crippen LogP contribution is 2.29. The van der Waals surface area contributed by atoms with E-state index in [9.17, 15) is 0 Å². The maximum absolute atomic E-state index is 6.10. The van der Waals surface area contributed by atoms with Gasteiger partial charge in [-0.05, 0) is 24.6 Å². The van der Waals surface area contributed by atoms with Crippen LogP contribution in [0.1, 0.15) is 11.3 Å². The molecule has 3 heteroatoms. The molecule has 0 atom stereocenters. The van der Waals surface area contributed by atoms with Gasteiger partial charge in [0.25, 0.3) is 0 Å². The summed E-state index contributed by atoms with van der Waals surface area (Å²) in [5.41, 5.74) is 9.14. The average Bonchev–Trinajstić information content (AvgIpc) is 2.48. The number of rotatable bonds is 3. The Labute approximate surface area is 125 Å². The zero-order valence-electron chi connectivity index (χ0n) is 12.4. The first-order valence-corrected chi connectivity index (χ1v) is 7.06. The molecule has 3 aromatic rings. The summed E-state index contributed by atoms with van der Waals surface area (Å²) in [6.45, 7) is 2.83. The molecule has 0 aliphatic rings. The van der Waals surface area contributed by atoms with Crippen molar-refractivity contribution in [2.75, 3.05) is 17.7 Å². The quantitative estimate of drug-likeness (QED) is 0.741. The summed E-state index contributed by atoms with van der Waals surface area (Å²) in [5.74, 6) is 0.973. The van der Waals surface area contributed by atoms with E-state index in [2.05, 4.69) is 42.3 Å². The van der Waals surface area contributed by atoms with Gasteiger partial charge in [0.1, 0.15) is 5.82 Å². The Balaban J connectivity index is 2.05. The molecule has 0 aliphatic carbocycles. The van der Waals surface area contributed by atoms with Crippen molar-refractivity contribution in [3.8, 4) is 0 Å². The van der Waals surface area contributed by atoms with Crippen LogP contribution in [0.4, 0.5) is 11.5 Å². The van der Waals surface area contributed by atoms with E-state index in [-0.39, 0.29) is 0 Å². The monoisotopic (exact) mass is 277 g/mol. The zero-order chi connectivity index (χ0) is 14.8. The lowest BCUT2D eigenvalue weighted by Gasteiger charge is -2.21. The first kappa shape index (κ1) is 13.4. The lowest BCUT2D eigenvalue weighted by atomic mass is 10.1. The minimum absolute atomic E-state index is 0.798. The second kappa shape index (κ2) is 5.44. The molecule has 0 spiro atoms. The van der Waals surface area contributed by atoms with Crippen LogP contribution in [0.15, 0.2) is 54.6 Å². The lowest BCUT2D eigenvalue weighted by Crippen LogP contribution is -2.18. The van der Waals surface area contributed by atoms with E-state index in [1.165, 1.54) is 5.56 Å². The van der Waals surface area contributed by atoms with Gasteiger partial charge in [-0.15, -0.1) is 0 Å². The van der Waals surface area contributed by atoms with E-state index in [0.717, 1.165) is 34.5 Å². The Hall–Kier alpha value is -2.55. The number of nitrogen functional groups attached to an aromatic ring is 1. The van der Waals surface area contributed by atoms with Gasteiger partial charge in [0.15, 0.2) is 0 Å². The minimum atomic E-state index is 0.798. The Morgan fingerprint density at radius 2 is 1.76 bits per heavy atom. The van der Waals surface area contributed by atoms with Gasteiger partial charge in [-0.1, -0.05) is 42.5 Å². The van der Waals surface area contributed by atoms with Crippen LogP contribution in [0.2, 0.25) is 0 Å². The summed E-state index contributed by atoms with van der Waals surface area (Å²) in [6, 6.07) is 18.4. The minimum Gasteiger partial charge on any atom is -0.398 e. The molecule has 0 aliphatic heterocycles. The van der Waals surface area contributed by atoms with E-state index >= 15 is 0 Å². The van der Waals surface area contributed by atoms with E-state index < -0.39 is 0 Å². The highest BCUT2D eigenvalue weighted by molar-refractivity contribution is 5.99. The molecular weight excluding hydrogens is 258 g/mol. The van der Waals surface area contributed by atoms with E-state index in [0.29, 0.717) is 0 Å². The molecule has 0 fully saturated rings. The molecule has 3 rings (SSSR count). The number of hydrogen-bond acceptors (Lipinski definition) is 3. The highest BCUT2D eigenvalue weighted by Gasteiger charge is 2.11. The molecule has 0 saturated carbocycles. The molecule has 2 N–H and O–H groups in total. The summed E-state index contributed by atoms with van der Waals surface area (Å²) in [6.07, 6.45) is 0. The van der Waals surface area contributed by atoms with Crippen molar-refractivity contribution in [3.05, 3.63) is 65.9 Å². The Morgan fingerprint density at radius 1 is 1.00 bits per heavy atom. The number of anilines is 2. The molecule has 1 aromatic heterocycles. The molecule has 106 valence electrons. The average molecular weight is 277 g/mol. The number of fused-ring (bicyclic) bond motifs is 1. The summed E-state index contributed by atoms with van der Waals surface area (Å²) < 4.78 is 0. The zero-order valence-corrected chi connectivity index (χ0v) is 12.4. The second-order valence-electron chi connectivity index (χ2n) is 5.37. The van der Waals surface area contributed by atoms with Gasteiger partial charge in [0.05, 0.1) is 0 Å².